The molecule has 41 heavy (non-hydrogen) atoms. The van der Waals surface area contributed by atoms with Crippen molar-refractivity contribution in [3.05, 3.63) is 53.0 Å². The fourth-order valence-corrected chi connectivity index (χ4v) is 4.38. The van der Waals surface area contributed by atoms with Crippen molar-refractivity contribution in [1.82, 2.24) is 25.1 Å². The average molecular weight is 575 g/mol. The number of nitrogens with one attached hydrogen (secondary N) is 3. The van der Waals surface area contributed by atoms with E-state index in [-0.39, 0.29) is 35.0 Å². The number of hydrogen-bond acceptors (Lipinski definition) is 7. The lowest BCUT2D eigenvalue weighted by Gasteiger charge is -2.22. The number of anilines is 1. The van der Waals surface area contributed by atoms with Crippen molar-refractivity contribution in [1.29, 1.82) is 0 Å². The molecule has 220 valence electrons. The van der Waals surface area contributed by atoms with Crippen molar-refractivity contribution in [2.75, 3.05) is 11.9 Å². The quantitative estimate of drug-likeness (QED) is 0.286. The molecule has 0 saturated carbocycles. The fraction of sp³-hybridized carbons (Fsp3) is 0.444. The highest BCUT2D eigenvalue weighted by atomic mass is 19.1. The largest absolute Gasteiger partial charge is 0.476 e. The molecule has 2 aromatic heterocycles. The van der Waals surface area contributed by atoms with Crippen LogP contribution in [0.5, 0.6) is 0 Å². The number of imidazole rings is 1. The standard InChI is InChI=1S/C27H32F2N6O6/c1-5-16(31-26(39)41-27(2,3)4)20-22(25(37)38)33-23(32-20)21-17(13-35(34-21)18-11-6-7-12-40-18)30-24(36)19-14(28)9-8-10-15(19)29/h8-10,13,16,18H,5-7,11-12H2,1-4H3,(H,30,36)(H,31,39)(H,32,33)(H,37,38). The molecule has 2 atom stereocenters. The van der Waals surface area contributed by atoms with Crippen LogP contribution in [-0.2, 0) is 9.47 Å². The number of H-pyrrole nitrogens is 1. The lowest BCUT2D eigenvalue weighted by atomic mass is 10.1. The summed E-state index contributed by atoms with van der Waals surface area (Å²) in [6.45, 7) is 7.31. The number of aromatic nitrogens is 4. The predicted molar refractivity (Wildman–Crippen MR) is 142 cm³/mol. The van der Waals surface area contributed by atoms with Gasteiger partial charge in [-0.1, -0.05) is 13.0 Å². The minimum absolute atomic E-state index is 0.00476. The van der Waals surface area contributed by atoms with E-state index in [9.17, 15) is 28.3 Å². The zero-order valence-electron chi connectivity index (χ0n) is 23.1. The second-order valence-corrected chi connectivity index (χ2v) is 10.5. The van der Waals surface area contributed by atoms with Crippen molar-refractivity contribution in [3.63, 3.8) is 0 Å². The van der Waals surface area contributed by atoms with Gasteiger partial charge >= 0.3 is 12.1 Å². The highest BCUT2D eigenvalue weighted by Gasteiger charge is 2.30. The highest BCUT2D eigenvalue weighted by Crippen LogP contribution is 2.32. The highest BCUT2D eigenvalue weighted by molar-refractivity contribution is 6.06. The van der Waals surface area contributed by atoms with Crippen LogP contribution in [0.1, 0.15) is 92.2 Å². The summed E-state index contributed by atoms with van der Waals surface area (Å²) in [5, 5.41) is 19.5. The Morgan fingerprint density at radius 2 is 1.95 bits per heavy atom. The molecule has 2 amide bonds. The molecular formula is C27H32F2N6O6. The van der Waals surface area contributed by atoms with Gasteiger partial charge in [0.2, 0.25) is 0 Å². The summed E-state index contributed by atoms with van der Waals surface area (Å²) in [6, 6.07) is 2.22. The van der Waals surface area contributed by atoms with Gasteiger partial charge in [0.25, 0.3) is 5.91 Å². The molecule has 14 heteroatoms. The number of aromatic amines is 1. The predicted octanol–water partition coefficient (Wildman–Crippen LogP) is 5.18. The number of hydrogen-bond donors (Lipinski definition) is 4. The number of carboxylic acid groups (broad SMARTS) is 1. The van der Waals surface area contributed by atoms with Gasteiger partial charge in [-0.2, -0.15) is 5.10 Å². The molecule has 1 aliphatic rings. The van der Waals surface area contributed by atoms with Gasteiger partial charge in [-0.15, -0.1) is 0 Å². The first-order valence-corrected chi connectivity index (χ1v) is 13.2. The number of amides is 2. The molecule has 0 radical (unpaired) electrons. The lowest BCUT2D eigenvalue weighted by molar-refractivity contribution is -0.0393. The molecule has 0 spiro atoms. The van der Waals surface area contributed by atoms with Gasteiger partial charge in [0.1, 0.15) is 29.0 Å². The van der Waals surface area contributed by atoms with Crippen LogP contribution in [0.4, 0.5) is 19.3 Å². The van der Waals surface area contributed by atoms with E-state index in [1.54, 1.807) is 27.7 Å². The van der Waals surface area contributed by atoms with Gasteiger partial charge in [-0.05, 0) is 58.6 Å². The van der Waals surface area contributed by atoms with Crippen LogP contribution in [0.2, 0.25) is 0 Å². The number of benzene rings is 1. The van der Waals surface area contributed by atoms with Gasteiger partial charge in [0, 0.05) is 6.61 Å². The summed E-state index contributed by atoms with van der Waals surface area (Å²) in [6.07, 6.45) is 2.83. The van der Waals surface area contributed by atoms with Crippen molar-refractivity contribution >= 4 is 23.7 Å². The van der Waals surface area contributed by atoms with Crippen LogP contribution in [0.3, 0.4) is 0 Å². The van der Waals surface area contributed by atoms with E-state index < -0.39 is 53.0 Å². The molecule has 3 heterocycles. The Morgan fingerprint density at radius 1 is 1.24 bits per heavy atom. The van der Waals surface area contributed by atoms with E-state index in [4.69, 9.17) is 9.47 Å². The number of nitrogens with zero attached hydrogens (tertiary/aromatic N) is 3. The molecule has 0 bridgehead atoms. The summed E-state index contributed by atoms with van der Waals surface area (Å²) < 4.78 is 41.2. The zero-order valence-corrected chi connectivity index (χ0v) is 23.1. The summed E-state index contributed by atoms with van der Waals surface area (Å²) in [5.74, 6) is -4.62. The van der Waals surface area contributed by atoms with Crippen molar-refractivity contribution in [2.24, 2.45) is 0 Å². The molecule has 1 saturated heterocycles. The smallest absolute Gasteiger partial charge is 0.408 e. The van der Waals surface area contributed by atoms with Gasteiger partial charge in [0.05, 0.1) is 23.6 Å². The molecular weight excluding hydrogens is 542 g/mol. The SMILES string of the molecule is CCC(NC(=O)OC(C)(C)C)c1[nH]c(-c2nn(C3CCCCO3)cc2NC(=O)c2c(F)cccc2F)nc1C(=O)O. The van der Waals surface area contributed by atoms with E-state index in [0.29, 0.717) is 13.0 Å². The topological polar surface area (TPSA) is 160 Å². The Hall–Kier alpha value is -4.33. The Kier molecular flexibility index (Phi) is 8.71. The second kappa shape index (κ2) is 12.0. The number of ether oxygens (including phenoxy) is 2. The maximum Gasteiger partial charge on any atom is 0.408 e. The molecule has 1 aliphatic heterocycles. The molecule has 0 aliphatic carbocycles. The molecule has 4 N–H and O–H groups in total. The summed E-state index contributed by atoms with van der Waals surface area (Å²) in [5.41, 5.74) is -1.87. The summed E-state index contributed by atoms with van der Waals surface area (Å²) in [4.78, 5) is 44.7. The zero-order chi connectivity index (χ0) is 29.9. The van der Waals surface area contributed by atoms with Gasteiger partial charge in [0.15, 0.2) is 17.2 Å². The van der Waals surface area contributed by atoms with Crippen molar-refractivity contribution in [2.45, 2.75) is 71.2 Å². The number of carboxylic acids is 1. The van der Waals surface area contributed by atoms with Crippen LogP contribution in [0.15, 0.2) is 24.4 Å². The van der Waals surface area contributed by atoms with E-state index in [0.717, 1.165) is 31.0 Å². The number of carbonyl (C=O) groups is 3. The number of rotatable bonds is 8. The van der Waals surface area contributed by atoms with Crippen molar-refractivity contribution < 1.29 is 37.7 Å². The Balaban J connectivity index is 1.75. The van der Waals surface area contributed by atoms with Crippen LogP contribution < -0.4 is 10.6 Å². The monoisotopic (exact) mass is 574 g/mol. The maximum absolute atomic E-state index is 14.3. The first-order valence-electron chi connectivity index (χ1n) is 13.2. The fourth-order valence-electron chi connectivity index (χ4n) is 4.38. The van der Waals surface area contributed by atoms with Crippen LogP contribution >= 0.6 is 0 Å². The number of alkyl carbamates (subject to hydrolysis) is 1. The number of carbonyl (C=O) groups excluding carboxylic acids is 2. The number of halogens is 2. The maximum atomic E-state index is 14.3. The molecule has 1 aromatic carbocycles. The van der Waals surface area contributed by atoms with E-state index in [1.807, 2.05) is 0 Å². The van der Waals surface area contributed by atoms with E-state index in [2.05, 4.69) is 25.7 Å². The Morgan fingerprint density at radius 3 is 2.54 bits per heavy atom. The lowest BCUT2D eigenvalue weighted by Crippen LogP contribution is -2.35. The number of aromatic carboxylic acids is 1. The third kappa shape index (κ3) is 6.88. The van der Waals surface area contributed by atoms with Crippen LogP contribution in [-0.4, -0.2) is 55.0 Å². The van der Waals surface area contributed by atoms with Gasteiger partial charge in [-0.25, -0.2) is 28.0 Å². The first-order chi connectivity index (χ1) is 19.4. The van der Waals surface area contributed by atoms with Gasteiger partial charge in [-0.3, -0.25) is 4.79 Å². The Bertz CT molecular complexity index is 1420. The molecule has 3 aromatic rings. The molecule has 4 rings (SSSR count). The van der Waals surface area contributed by atoms with Crippen LogP contribution in [0, 0.1) is 11.6 Å². The minimum Gasteiger partial charge on any atom is -0.476 e. The van der Waals surface area contributed by atoms with E-state index >= 15 is 0 Å². The third-order valence-corrected chi connectivity index (χ3v) is 6.23. The first kappa shape index (κ1) is 29.6. The minimum atomic E-state index is -1.37. The summed E-state index contributed by atoms with van der Waals surface area (Å²) >= 11 is 0. The average Bonchev–Trinajstić information content (AvgIpc) is 3.51. The second-order valence-electron chi connectivity index (χ2n) is 10.5. The molecule has 2 unspecified atom stereocenters. The van der Waals surface area contributed by atoms with Crippen molar-refractivity contribution in [3.8, 4) is 11.5 Å². The van der Waals surface area contributed by atoms with E-state index in [1.165, 1.54) is 10.9 Å². The summed E-state index contributed by atoms with van der Waals surface area (Å²) in [7, 11) is 0. The third-order valence-electron chi connectivity index (χ3n) is 6.23. The Labute approximate surface area is 234 Å². The normalized spacial score (nSPS) is 16.2. The molecule has 1 fully saturated rings. The molecule has 12 nitrogen and oxygen atoms in total. The van der Waals surface area contributed by atoms with Crippen LogP contribution in [0.25, 0.3) is 11.5 Å². The van der Waals surface area contributed by atoms with Gasteiger partial charge < -0.3 is 30.2 Å².